The summed E-state index contributed by atoms with van der Waals surface area (Å²) in [6, 6.07) is 10.8. The molecule has 0 aliphatic heterocycles. The standard InChI is InChI=1S/C17H10N4O4/c22-12-3-1-2-11-13(12)17(24)14-15(16(11)23)21(20-18-14)8-9-4-6-10(19-25)7-5-9/h1-7,22H,8H2. The van der Waals surface area contributed by atoms with Crippen molar-refractivity contribution in [1.29, 1.82) is 0 Å². The Labute approximate surface area is 140 Å². The van der Waals surface area contributed by atoms with Gasteiger partial charge >= 0.3 is 0 Å². The minimum absolute atomic E-state index is 0.0477. The molecule has 0 unspecified atom stereocenters. The van der Waals surface area contributed by atoms with E-state index in [1.807, 2.05) is 0 Å². The van der Waals surface area contributed by atoms with Gasteiger partial charge in [0.05, 0.1) is 12.1 Å². The highest BCUT2D eigenvalue weighted by Gasteiger charge is 2.36. The van der Waals surface area contributed by atoms with Gasteiger partial charge in [-0.2, -0.15) is 0 Å². The minimum atomic E-state index is -0.533. The van der Waals surface area contributed by atoms with Crippen LogP contribution in [0.4, 0.5) is 5.69 Å². The number of phenols is 1. The van der Waals surface area contributed by atoms with Crippen molar-refractivity contribution in [3.8, 4) is 5.75 Å². The SMILES string of the molecule is O=Nc1ccc(Cn2nnc3c2C(=O)c2cccc(O)c2C3=O)cc1. The molecule has 0 saturated carbocycles. The second-order valence-corrected chi connectivity index (χ2v) is 5.56. The smallest absolute Gasteiger partial charge is 0.220 e. The third-order valence-electron chi connectivity index (χ3n) is 4.05. The maximum atomic E-state index is 12.8. The molecule has 1 aromatic heterocycles. The average molecular weight is 334 g/mol. The second-order valence-electron chi connectivity index (χ2n) is 5.56. The van der Waals surface area contributed by atoms with Crippen LogP contribution in [0, 0.1) is 4.91 Å². The number of hydrogen-bond donors (Lipinski definition) is 1. The topological polar surface area (TPSA) is 115 Å². The van der Waals surface area contributed by atoms with E-state index in [9.17, 15) is 19.6 Å². The highest BCUT2D eigenvalue weighted by atomic mass is 16.3. The number of carbonyl (C=O) groups excluding carboxylic acids is 2. The summed E-state index contributed by atoms with van der Waals surface area (Å²) in [5, 5.41) is 20.5. The van der Waals surface area contributed by atoms with Gasteiger partial charge in [0.1, 0.15) is 17.1 Å². The highest BCUT2D eigenvalue weighted by molar-refractivity contribution is 6.27. The van der Waals surface area contributed by atoms with E-state index in [4.69, 9.17) is 0 Å². The van der Waals surface area contributed by atoms with Gasteiger partial charge in [-0.15, -0.1) is 10.0 Å². The number of aromatic hydroxyl groups is 1. The maximum absolute atomic E-state index is 12.8. The Morgan fingerprint density at radius 3 is 2.52 bits per heavy atom. The lowest BCUT2D eigenvalue weighted by molar-refractivity contribution is 0.0968. The lowest BCUT2D eigenvalue weighted by Gasteiger charge is -2.15. The number of hydrogen-bond acceptors (Lipinski definition) is 7. The molecule has 0 saturated heterocycles. The first-order chi connectivity index (χ1) is 12.1. The van der Waals surface area contributed by atoms with E-state index in [2.05, 4.69) is 15.5 Å². The first kappa shape index (κ1) is 14.9. The van der Waals surface area contributed by atoms with E-state index in [0.717, 1.165) is 5.56 Å². The molecule has 3 aromatic rings. The lowest BCUT2D eigenvalue weighted by Crippen LogP contribution is -2.23. The zero-order valence-corrected chi connectivity index (χ0v) is 12.7. The molecule has 122 valence electrons. The van der Waals surface area contributed by atoms with Crippen LogP contribution in [-0.4, -0.2) is 31.7 Å². The van der Waals surface area contributed by atoms with Crippen LogP contribution in [0.5, 0.6) is 5.75 Å². The summed E-state index contributed by atoms with van der Waals surface area (Å²) in [5.41, 5.74) is 1.14. The number of ketones is 2. The molecule has 0 atom stereocenters. The Hall–Kier alpha value is -3.68. The van der Waals surface area contributed by atoms with Crippen molar-refractivity contribution in [2.24, 2.45) is 5.18 Å². The van der Waals surface area contributed by atoms with Crippen molar-refractivity contribution in [2.45, 2.75) is 6.54 Å². The monoisotopic (exact) mass is 334 g/mol. The molecule has 1 N–H and O–H groups in total. The number of phenolic OH excluding ortho intramolecular Hbond substituents is 1. The normalized spacial score (nSPS) is 12.6. The fourth-order valence-corrected chi connectivity index (χ4v) is 2.85. The van der Waals surface area contributed by atoms with Crippen molar-refractivity contribution in [2.75, 3.05) is 0 Å². The number of nitrogens with zero attached hydrogens (tertiary/aromatic N) is 4. The van der Waals surface area contributed by atoms with Crippen LogP contribution >= 0.6 is 0 Å². The van der Waals surface area contributed by atoms with Gasteiger partial charge in [-0.1, -0.05) is 23.4 Å². The maximum Gasteiger partial charge on any atom is 0.220 e. The molecular formula is C17H10N4O4. The van der Waals surface area contributed by atoms with E-state index in [0.29, 0.717) is 5.69 Å². The molecule has 1 aliphatic rings. The Morgan fingerprint density at radius 2 is 1.80 bits per heavy atom. The predicted molar refractivity (Wildman–Crippen MR) is 86.0 cm³/mol. The van der Waals surface area contributed by atoms with Gasteiger partial charge < -0.3 is 5.11 Å². The van der Waals surface area contributed by atoms with Crippen molar-refractivity contribution in [1.82, 2.24) is 15.0 Å². The minimum Gasteiger partial charge on any atom is -0.507 e. The zero-order chi connectivity index (χ0) is 17.6. The Kier molecular flexibility index (Phi) is 3.24. The number of benzene rings is 2. The third-order valence-corrected chi connectivity index (χ3v) is 4.05. The average Bonchev–Trinajstić information content (AvgIpc) is 3.04. The fourth-order valence-electron chi connectivity index (χ4n) is 2.85. The van der Waals surface area contributed by atoms with Gasteiger partial charge in [-0.25, -0.2) is 4.68 Å². The van der Waals surface area contributed by atoms with E-state index in [1.54, 1.807) is 24.3 Å². The predicted octanol–water partition coefficient (Wildman–Crippen LogP) is 2.21. The number of carbonyl (C=O) groups is 2. The van der Waals surface area contributed by atoms with Crippen LogP contribution in [-0.2, 0) is 6.54 Å². The highest BCUT2D eigenvalue weighted by Crippen LogP contribution is 2.31. The van der Waals surface area contributed by atoms with E-state index < -0.39 is 11.6 Å². The largest absolute Gasteiger partial charge is 0.507 e. The zero-order valence-electron chi connectivity index (χ0n) is 12.7. The van der Waals surface area contributed by atoms with Crippen molar-refractivity contribution in [3.63, 3.8) is 0 Å². The Bertz CT molecular complexity index is 1040. The van der Waals surface area contributed by atoms with Gasteiger partial charge in [-0.05, 0) is 35.0 Å². The molecule has 0 amide bonds. The fraction of sp³-hybridized carbons (Fsp3) is 0.0588. The molecule has 1 aliphatic carbocycles. The van der Waals surface area contributed by atoms with E-state index >= 15 is 0 Å². The van der Waals surface area contributed by atoms with Gasteiger partial charge in [0.2, 0.25) is 11.6 Å². The molecule has 0 spiro atoms. The third kappa shape index (κ3) is 2.23. The van der Waals surface area contributed by atoms with Crippen molar-refractivity contribution in [3.05, 3.63) is 75.4 Å². The van der Waals surface area contributed by atoms with E-state index in [1.165, 1.54) is 22.9 Å². The number of aromatic nitrogens is 3. The van der Waals surface area contributed by atoms with Crippen molar-refractivity contribution >= 4 is 17.3 Å². The van der Waals surface area contributed by atoms with Crippen molar-refractivity contribution < 1.29 is 14.7 Å². The molecule has 8 heteroatoms. The van der Waals surface area contributed by atoms with Gasteiger partial charge in [0, 0.05) is 5.56 Å². The molecule has 0 fully saturated rings. The lowest BCUT2D eigenvalue weighted by atomic mass is 9.89. The van der Waals surface area contributed by atoms with Crippen LogP contribution in [0.1, 0.15) is 37.7 Å². The Morgan fingerprint density at radius 1 is 1.04 bits per heavy atom. The van der Waals surface area contributed by atoms with Gasteiger partial charge in [0.25, 0.3) is 0 Å². The summed E-state index contributed by atoms with van der Waals surface area (Å²) in [5.74, 6) is -1.21. The summed E-state index contributed by atoms with van der Waals surface area (Å²) in [6.07, 6.45) is 0. The number of rotatable bonds is 3. The summed E-state index contributed by atoms with van der Waals surface area (Å²) in [4.78, 5) is 35.8. The van der Waals surface area contributed by atoms with Gasteiger partial charge in [0.15, 0.2) is 5.69 Å². The number of nitroso groups, excluding NO2 is 1. The second kappa shape index (κ2) is 5.45. The molecule has 4 rings (SSSR count). The number of fused-ring (bicyclic) bond motifs is 2. The molecule has 8 nitrogen and oxygen atoms in total. The first-order valence-electron chi connectivity index (χ1n) is 7.37. The van der Waals surface area contributed by atoms with E-state index in [-0.39, 0.29) is 34.8 Å². The summed E-state index contributed by atoms with van der Waals surface area (Å²) < 4.78 is 1.34. The summed E-state index contributed by atoms with van der Waals surface area (Å²) >= 11 is 0. The van der Waals surface area contributed by atoms with Crippen LogP contribution in [0.3, 0.4) is 0 Å². The van der Waals surface area contributed by atoms with Crippen LogP contribution in [0.25, 0.3) is 0 Å². The molecule has 0 radical (unpaired) electrons. The molecular weight excluding hydrogens is 324 g/mol. The van der Waals surface area contributed by atoms with Crippen LogP contribution in [0.2, 0.25) is 0 Å². The Balaban J connectivity index is 1.77. The molecule has 25 heavy (non-hydrogen) atoms. The van der Waals surface area contributed by atoms with Gasteiger partial charge in [-0.3, -0.25) is 9.59 Å². The summed E-state index contributed by atoms with van der Waals surface area (Å²) in [6.45, 7) is 0.203. The first-order valence-corrected chi connectivity index (χ1v) is 7.37. The molecule has 0 bridgehead atoms. The molecule has 2 aromatic carbocycles. The van der Waals surface area contributed by atoms with Crippen LogP contribution < -0.4 is 0 Å². The quantitative estimate of drug-likeness (QED) is 0.574. The van der Waals surface area contributed by atoms with Crippen LogP contribution in [0.15, 0.2) is 47.6 Å². The summed E-state index contributed by atoms with van der Waals surface area (Å²) in [7, 11) is 0. The molecule has 1 heterocycles.